The van der Waals surface area contributed by atoms with E-state index in [0.29, 0.717) is 4.31 Å². The summed E-state index contributed by atoms with van der Waals surface area (Å²) in [5.74, 6) is 0. The third-order valence-corrected chi connectivity index (χ3v) is 5.43. The van der Waals surface area contributed by atoms with E-state index >= 15 is 0 Å². The highest BCUT2D eigenvalue weighted by molar-refractivity contribution is 7.89. The fourth-order valence-electron chi connectivity index (χ4n) is 2.40. The summed E-state index contributed by atoms with van der Waals surface area (Å²) in [5, 5.41) is 8.69. The summed E-state index contributed by atoms with van der Waals surface area (Å²) in [6.07, 6.45) is -4.90. The second-order valence-electron chi connectivity index (χ2n) is 5.11. The Morgan fingerprint density at radius 1 is 1.23 bits per heavy atom. The van der Waals surface area contributed by atoms with Crippen LogP contribution >= 0.6 is 0 Å². The van der Waals surface area contributed by atoms with E-state index in [1.54, 1.807) is 0 Å². The molecule has 0 saturated carbocycles. The van der Waals surface area contributed by atoms with E-state index in [1.165, 1.54) is 12.1 Å². The fraction of sp³-hybridized carbons (Fsp3) is 0.462. The molecule has 2 N–H and O–H groups in total. The predicted octanol–water partition coefficient (Wildman–Crippen LogP) is 1.60. The molecule has 0 unspecified atom stereocenters. The van der Waals surface area contributed by atoms with Crippen molar-refractivity contribution in [1.82, 2.24) is 4.31 Å². The van der Waals surface area contributed by atoms with Crippen molar-refractivity contribution in [2.75, 3.05) is 6.54 Å². The summed E-state index contributed by atoms with van der Waals surface area (Å²) in [6.45, 7) is -0.382. The number of nitrogens with two attached hydrogens (primary N) is 1. The van der Waals surface area contributed by atoms with Gasteiger partial charge in [-0.1, -0.05) is 0 Å². The number of sulfonamides is 1. The van der Waals surface area contributed by atoms with Crippen LogP contribution in [0, 0.1) is 11.3 Å². The summed E-state index contributed by atoms with van der Waals surface area (Å²) in [5.41, 5.74) is 5.86. The van der Waals surface area contributed by atoms with Gasteiger partial charge in [-0.05, 0) is 37.1 Å². The smallest absolute Gasteiger partial charge is 0.327 e. The molecule has 0 radical (unpaired) electrons. The Morgan fingerprint density at radius 2 is 1.82 bits per heavy atom. The number of benzene rings is 1. The molecule has 1 aromatic rings. The van der Waals surface area contributed by atoms with Gasteiger partial charge in [-0.2, -0.15) is 22.7 Å². The molecule has 9 heteroatoms. The minimum Gasteiger partial charge on any atom is -0.327 e. The predicted molar refractivity (Wildman–Crippen MR) is 72.1 cm³/mol. The number of piperidine rings is 1. The average Bonchev–Trinajstić information content (AvgIpc) is 2.46. The monoisotopic (exact) mass is 333 g/mol. The van der Waals surface area contributed by atoms with Crippen molar-refractivity contribution in [1.29, 1.82) is 5.26 Å². The van der Waals surface area contributed by atoms with Crippen LogP contribution in [-0.2, 0) is 10.0 Å². The largest absolute Gasteiger partial charge is 0.405 e. The maximum Gasteiger partial charge on any atom is 0.405 e. The van der Waals surface area contributed by atoms with Crippen LogP contribution < -0.4 is 5.73 Å². The van der Waals surface area contributed by atoms with Gasteiger partial charge in [-0.3, -0.25) is 0 Å². The standard InChI is InChI=1S/C13H14F3N3O2S/c14-13(15,16)12-6-3-10(18)8-19(12)22(20,21)11-4-1-9(7-17)2-5-11/h1-2,4-5,10,12H,3,6,8,18H2/t10-,12-/m0/s1. The first-order valence-corrected chi connectivity index (χ1v) is 7.94. The third kappa shape index (κ3) is 3.24. The first-order chi connectivity index (χ1) is 10.2. The Balaban J connectivity index is 2.41. The van der Waals surface area contributed by atoms with E-state index < -0.39 is 28.3 Å². The van der Waals surface area contributed by atoms with Crippen molar-refractivity contribution >= 4 is 10.0 Å². The highest BCUT2D eigenvalue weighted by Crippen LogP contribution is 2.35. The number of alkyl halides is 3. The molecule has 1 saturated heterocycles. The summed E-state index contributed by atoms with van der Waals surface area (Å²) in [6, 6.07) is 3.86. The SMILES string of the molecule is N#Cc1ccc(S(=O)(=O)N2C[C@@H](N)CC[C@H]2C(F)(F)F)cc1. The molecule has 0 aromatic heterocycles. The van der Waals surface area contributed by atoms with Gasteiger partial charge in [0, 0.05) is 12.6 Å². The molecule has 5 nitrogen and oxygen atoms in total. The van der Waals surface area contributed by atoms with Gasteiger partial charge in [-0.25, -0.2) is 8.42 Å². The maximum atomic E-state index is 13.1. The van der Waals surface area contributed by atoms with E-state index in [1.807, 2.05) is 6.07 Å². The van der Waals surface area contributed by atoms with Gasteiger partial charge in [0.1, 0.15) is 6.04 Å². The molecule has 1 aliphatic rings. The highest BCUT2D eigenvalue weighted by Gasteiger charge is 2.50. The van der Waals surface area contributed by atoms with Crippen LogP contribution in [0.25, 0.3) is 0 Å². The number of halogens is 3. The van der Waals surface area contributed by atoms with Crippen LogP contribution in [0.2, 0.25) is 0 Å². The molecule has 1 heterocycles. The van der Waals surface area contributed by atoms with Crippen LogP contribution in [0.5, 0.6) is 0 Å². The summed E-state index contributed by atoms with van der Waals surface area (Å²) >= 11 is 0. The molecule has 0 aliphatic carbocycles. The second kappa shape index (κ2) is 5.87. The zero-order valence-electron chi connectivity index (χ0n) is 11.4. The van der Waals surface area contributed by atoms with Crippen molar-refractivity contribution in [2.24, 2.45) is 5.73 Å². The number of hydrogen-bond donors (Lipinski definition) is 1. The lowest BCUT2D eigenvalue weighted by atomic mass is 10.0. The zero-order valence-corrected chi connectivity index (χ0v) is 12.2. The molecule has 2 rings (SSSR count). The van der Waals surface area contributed by atoms with E-state index in [2.05, 4.69) is 0 Å². The van der Waals surface area contributed by atoms with Gasteiger partial charge < -0.3 is 5.73 Å². The lowest BCUT2D eigenvalue weighted by molar-refractivity contribution is -0.178. The highest BCUT2D eigenvalue weighted by atomic mass is 32.2. The maximum absolute atomic E-state index is 13.1. The second-order valence-corrected chi connectivity index (χ2v) is 7.00. The van der Waals surface area contributed by atoms with Gasteiger partial charge in [0.25, 0.3) is 0 Å². The molecule has 22 heavy (non-hydrogen) atoms. The lowest BCUT2D eigenvalue weighted by Gasteiger charge is -2.38. The number of nitriles is 1. The van der Waals surface area contributed by atoms with Gasteiger partial charge in [0.05, 0.1) is 16.5 Å². The zero-order chi connectivity index (χ0) is 16.5. The summed E-state index contributed by atoms with van der Waals surface area (Å²) in [4.78, 5) is -0.283. The first kappa shape index (κ1) is 16.7. The minimum atomic E-state index is -4.65. The van der Waals surface area contributed by atoms with Crippen molar-refractivity contribution in [3.05, 3.63) is 29.8 Å². The van der Waals surface area contributed by atoms with Gasteiger partial charge in [0.15, 0.2) is 0 Å². The van der Waals surface area contributed by atoms with Crippen molar-refractivity contribution in [3.8, 4) is 6.07 Å². The molecule has 0 spiro atoms. The molecule has 1 fully saturated rings. The first-order valence-electron chi connectivity index (χ1n) is 6.50. The van der Waals surface area contributed by atoms with Gasteiger partial charge >= 0.3 is 6.18 Å². The Bertz CT molecular complexity index is 680. The third-order valence-electron chi connectivity index (χ3n) is 3.54. The van der Waals surface area contributed by atoms with Crippen LogP contribution in [0.3, 0.4) is 0 Å². The van der Waals surface area contributed by atoms with Crippen molar-refractivity contribution in [2.45, 2.75) is 36.0 Å². The van der Waals surface area contributed by atoms with E-state index in [0.717, 1.165) is 12.1 Å². The lowest BCUT2D eigenvalue weighted by Crippen LogP contribution is -2.56. The van der Waals surface area contributed by atoms with E-state index in [9.17, 15) is 21.6 Å². The Labute approximate surface area is 126 Å². The summed E-state index contributed by atoms with van der Waals surface area (Å²) < 4.78 is 64.7. The Kier molecular flexibility index (Phi) is 4.47. The van der Waals surface area contributed by atoms with E-state index in [4.69, 9.17) is 11.0 Å². The fourth-order valence-corrected chi connectivity index (χ4v) is 4.09. The quantitative estimate of drug-likeness (QED) is 0.890. The van der Waals surface area contributed by atoms with Crippen molar-refractivity contribution < 1.29 is 21.6 Å². The molecule has 1 aromatic carbocycles. The Hall–Kier alpha value is -1.63. The number of hydrogen-bond acceptors (Lipinski definition) is 4. The minimum absolute atomic E-state index is 0.115. The van der Waals surface area contributed by atoms with Crippen LogP contribution in [-0.4, -0.2) is 37.5 Å². The Morgan fingerprint density at radius 3 is 2.32 bits per heavy atom. The van der Waals surface area contributed by atoms with Crippen LogP contribution in [0.15, 0.2) is 29.2 Å². The molecule has 120 valence electrons. The number of rotatable bonds is 2. The van der Waals surface area contributed by atoms with E-state index in [-0.39, 0.29) is 29.8 Å². The van der Waals surface area contributed by atoms with Crippen molar-refractivity contribution in [3.63, 3.8) is 0 Å². The number of nitrogens with zero attached hydrogens (tertiary/aromatic N) is 2. The van der Waals surface area contributed by atoms with Crippen LogP contribution in [0.1, 0.15) is 18.4 Å². The molecular weight excluding hydrogens is 319 g/mol. The van der Waals surface area contributed by atoms with Crippen LogP contribution in [0.4, 0.5) is 13.2 Å². The molecule has 0 bridgehead atoms. The van der Waals surface area contributed by atoms with Gasteiger partial charge in [0.2, 0.25) is 10.0 Å². The molecule has 2 atom stereocenters. The average molecular weight is 333 g/mol. The molecule has 1 aliphatic heterocycles. The molecular formula is C13H14F3N3O2S. The normalized spacial score (nSPS) is 24.0. The van der Waals surface area contributed by atoms with Gasteiger partial charge in [-0.15, -0.1) is 0 Å². The molecule has 0 amide bonds. The topological polar surface area (TPSA) is 87.2 Å². The summed E-state index contributed by atoms with van der Waals surface area (Å²) in [7, 11) is -4.33.